The van der Waals surface area contributed by atoms with Gasteiger partial charge in [-0.15, -0.1) is 0 Å². The van der Waals surface area contributed by atoms with Gasteiger partial charge in [0.15, 0.2) is 0 Å². The third-order valence-corrected chi connectivity index (χ3v) is 4.97. The molecule has 0 radical (unpaired) electrons. The van der Waals surface area contributed by atoms with Gasteiger partial charge in [0.2, 0.25) is 6.33 Å². The molecule has 1 aliphatic heterocycles. The topological polar surface area (TPSA) is 40.2 Å². The van der Waals surface area contributed by atoms with Crippen LogP contribution in [0.4, 0.5) is 0 Å². The predicted molar refractivity (Wildman–Crippen MR) is 87.2 cm³/mol. The van der Waals surface area contributed by atoms with Crippen LogP contribution in [0.5, 0.6) is 5.75 Å². The van der Waals surface area contributed by atoms with Gasteiger partial charge in [0.1, 0.15) is 30.2 Å². The molecule has 3 aromatic rings. The molecule has 2 heterocycles. The zero-order valence-corrected chi connectivity index (χ0v) is 13.4. The van der Waals surface area contributed by atoms with Crippen molar-refractivity contribution in [1.82, 2.24) is 9.78 Å². The summed E-state index contributed by atoms with van der Waals surface area (Å²) in [5.74, 6) is 1.81. The summed E-state index contributed by atoms with van der Waals surface area (Å²) < 4.78 is 15.5. The highest BCUT2D eigenvalue weighted by molar-refractivity contribution is 5.37. The number of benzene rings is 2. The minimum Gasteiger partial charge on any atom is -0.497 e. The molecular formula is C19H18N3O2+. The van der Waals surface area contributed by atoms with E-state index in [0.29, 0.717) is 6.61 Å². The van der Waals surface area contributed by atoms with E-state index in [1.165, 1.54) is 11.1 Å². The summed E-state index contributed by atoms with van der Waals surface area (Å²) in [4.78, 5) is 0. The fraction of sp³-hybridized carbons (Fsp3) is 0.263. The lowest BCUT2D eigenvalue weighted by Crippen LogP contribution is -2.51. The number of hydrogen-bond acceptors (Lipinski definition) is 3. The summed E-state index contributed by atoms with van der Waals surface area (Å²) in [7, 11) is 1.67. The Balaban J connectivity index is 1.57. The Kier molecular flexibility index (Phi) is 2.97. The molecule has 0 saturated heterocycles. The first-order chi connectivity index (χ1) is 11.8. The predicted octanol–water partition coefficient (Wildman–Crippen LogP) is 2.21. The molecule has 5 heteroatoms. The molecule has 0 N–H and O–H groups in total. The molecular weight excluding hydrogens is 302 g/mol. The normalized spacial score (nSPS) is 21.0. The van der Waals surface area contributed by atoms with E-state index in [-0.39, 0.29) is 12.1 Å². The Morgan fingerprint density at radius 3 is 2.83 bits per heavy atom. The van der Waals surface area contributed by atoms with E-state index < -0.39 is 0 Å². The summed E-state index contributed by atoms with van der Waals surface area (Å²) in [5, 5.41) is 4.72. The fourth-order valence-corrected chi connectivity index (χ4v) is 3.78. The van der Waals surface area contributed by atoms with Gasteiger partial charge in [-0.1, -0.05) is 28.9 Å². The van der Waals surface area contributed by atoms with E-state index in [1.807, 2.05) is 28.9 Å². The van der Waals surface area contributed by atoms with Gasteiger partial charge in [-0.05, 0) is 35.4 Å². The summed E-state index contributed by atoms with van der Waals surface area (Å²) in [6, 6.07) is 16.7. The van der Waals surface area contributed by atoms with Gasteiger partial charge < -0.3 is 9.47 Å². The number of hydrogen-bond donors (Lipinski definition) is 0. The third-order valence-electron chi connectivity index (χ3n) is 4.97. The lowest BCUT2D eigenvalue weighted by Gasteiger charge is -2.23. The third kappa shape index (κ3) is 1.98. The van der Waals surface area contributed by atoms with E-state index >= 15 is 0 Å². The maximum atomic E-state index is 6.08. The Labute approximate surface area is 140 Å². The number of ether oxygens (including phenoxy) is 2. The molecule has 2 aromatic carbocycles. The maximum absolute atomic E-state index is 6.08. The zero-order valence-electron chi connectivity index (χ0n) is 13.4. The van der Waals surface area contributed by atoms with Gasteiger partial charge in [0.25, 0.3) is 0 Å². The molecule has 2 atom stereocenters. The van der Waals surface area contributed by atoms with E-state index in [4.69, 9.17) is 14.6 Å². The monoisotopic (exact) mass is 320 g/mol. The lowest BCUT2D eigenvalue weighted by atomic mass is 10.1. The SMILES string of the molecule is COc1ccc(-n2c[n+]3c(n2)CO[C@H]2Cc4ccccc4[C@@H]23)cc1. The van der Waals surface area contributed by atoms with Crippen molar-refractivity contribution >= 4 is 0 Å². The highest BCUT2D eigenvalue weighted by Gasteiger charge is 2.43. The Hall–Kier alpha value is -2.66. The number of aromatic nitrogens is 3. The summed E-state index contributed by atoms with van der Waals surface area (Å²) in [6.45, 7) is 0.554. The smallest absolute Gasteiger partial charge is 0.304 e. The van der Waals surface area contributed by atoms with Crippen LogP contribution in [0.1, 0.15) is 23.0 Å². The molecule has 24 heavy (non-hydrogen) atoms. The summed E-state index contributed by atoms with van der Waals surface area (Å²) in [5.41, 5.74) is 3.74. The second-order valence-electron chi connectivity index (χ2n) is 6.28. The standard InChI is InChI=1S/C19H18N3O2/c1-23-15-8-6-14(7-9-15)22-12-21-18(20-22)11-24-17-10-13-4-2-3-5-16(13)19(17)21/h2-9,12,17,19H,10-11H2,1H3/q+1/t17-,19-/m0/s1. The molecule has 0 bridgehead atoms. The van der Waals surface area contributed by atoms with Crippen molar-refractivity contribution in [3.8, 4) is 11.4 Å². The number of rotatable bonds is 2. The van der Waals surface area contributed by atoms with Crippen molar-refractivity contribution in [3.63, 3.8) is 0 Å². The van der Waals surface area contributed by atoms with E-state index in [9.17, 15) is 0 Å². The van der Waals surface area contributed by atoms with Crippen LogP contribution in [0.15, 0.2) is 54.9 Å². The second-order valence-corrected chi connectivity index (χ2v) is 6.28. The van der Waals surface area contributed by atoms with Crippen LogP contribution in [0.3, 0.4) is 0 Å². The first-order valence-electron chi connectivity index (χ1n) is 8.17. The van der Waals surface area contributed by atoms with E-state index in [0.717, 1.165) is 23.7 Å². The van der Waals surface area contributed by atoms with Crippen molar-refractivity contribution in [1.29, 1.82) is 0 Å². The van der Waals surface area contributed by atoms with Crippen LogP contribution < -0.4 is 9.30 Å². The molecule has 0 unspecified atom stereocenters. The number of methoxy groups -OCH3 is 1. The average molecular weight is 320 g/mol. The van der Waals surface area contributed by atoms with Crippen molar-refractivity contribution in [2.75, 3.05) is 7.11 Å². The molecule has 1 aromatic heterocycles. The van der Waals surface area contributed by atoms with Crippen LogP contribution >= 0.6 is 0 Å². The molecule has 2 aliphatic rings. The Bertz CT molecular complexity index is 901. The molecule has 5 rings (SSSR count). The quantitative estimate of drug-likeness (QED) is 0.680. The molecule has 1 aliphatic carbocycles. The molecule has 0 spiro atoms. The minimum absolute atomic E-state index is 0.202. The highest BCUT2D eigenvalue weighted by atomic mass is 16.5. The number of nitrogens with zero attached hydrogens (tertiary/aromatic N) is 3. The van der Waals surface area contributed by atoms with E-state index in [1.54, 1.807) is 7.11 Å². The largest absolute Gasteiger partial charge is 0.497 e. The van der Waals surface area contributed by atoms with Gasteiger partial charge in [-0.2, -0.15) is 0 Å². The van der Waals surface area contributed by atoms with Crippen LogP contribution in [0, 0.1) is 0 Å². The van der Waals surface area contributed by atoms with Crippen LogP contribution in [0.2, 0.25) is 0 Å². The van der Waals surface area contributed by atoms with Crippen molar-refractivity contribution in [2.45, 2.75) is 25.2 Å². The van der Waals surface area contributed by atoms with Crippen molar-refractivity contribution in [3.05, 3.63) is 71.8 Å². The summed E-state index contributed by atoms with van der Waals surface area (Å²) >= 11 is 0. The van der Waals surface area contributed by atoms with Gasteiger partial charge in [-0.3, -0.25) is 0 Å². The van der Waals surface area contributed by atoms with Gasteiger partial charge >= 0.3 is 5.82 Å². The van der Waals surface area contributed by atoms with Crippen molar-refractivity contribution < 1.29 is 14.0 Å². The number of fused-ring (bicyclic) bond motifs is 5. The Morgan fingerprint density at radius 1 is 1.17 bits per heavy atom. The Morgan fingerprint density at radius 2 is 2.00 bits per heavy atom. The fourth-order valence-electron chi connectivity index (χ4n) is 3.78. The average Bonchev–Trinajstić information content (AvgIpc) is 3.22. The van der Waals surface area contributed by atoms with Gasteiger partial charge in [0, 0.05) is 11.5 Å². The first kappa shape index (κ1) is 13.7. The molecule has 0 fully saturated rings. The first-order valence-corrected chi connectivity index (χ1v) is 8.17. The maximum Gasteiger partial charge on any atom is 0.304 e. The molecule has 5 nitrogen and oxygen atoms in total. The van der Waals surface area contributed by atoms with E-state index in [2.05, 4.69) is 35.2 Å². The van der Waals surface area contributed by atoms with Crippen LogP contribution in [-0.2, 0) is 17.8 Å². The van der Waals surface area contributed by atoms with Crippen LogP contribution in [-0.4, -0.2) is 23.0 Å². The molecule has 120 valence electrons. The molecule has 0 saturated carbocycles. The zero-order chi connectivity index (χ0) is 16.1. The highest BCUT2D eigenvalue weighted by Crippen LogP contribution is 2.35. The van der Waals surface area contributed by atoms with Gasteiger partial charge in [0.05, 0.1) is 7.11 Å². The van der Waals surface area contributed by atoms with Gasteiger partial charge in [-0.25, -0.2) is 4.57 Å². The minimum atomic E-state index is 0.202. The second kappa shape index (κ2) is 5.18. The summed E-state index contributed by atoms with van der Waals surface area (Å²) in [6.07, 6.45) is 3.26. The molecule has 0 amide bonds. The van der Waals surface area contributed by atoms with Crippen LogP contribution in [0.25, 0.3) is 5.69 Å². The lowest BCUT2D eigenvalue weighted by molar-refractivity contribution is -0.739. The van der Waals surface area contributed by atoms with Crippen molar-refractivity contribution in [2.24, 2.45) is 0 Å².